The van der Waals surface area contributed by atoms with Crippen molar-refractivity contribution in [3.05, 3.63) is 62.9 Å². The number of aryl methyl sites for hydroxylation is 2. The Hall–Kier alpha value is -2.97. The molecular formula is C23H25N3O4S. The number of thiazole rings is 1. The normalized spacial score (nSPS) is 16.9. The van der Waals surface area contributed by atoms with Crippen molar-refractivity contribution in [1.82, 2.24) is 14.9 Å². The molecular weight excluding hydrogens is 414 g/mol. The van der Waals surface area contributed by atoms with Crippen LogP contribution >= 0.6 is 11.3 Å². The third-order valence-corrected chi connectivity index (χ3v) is 6.43. The van der Waals surface area contributed by atoms with E-state index in [1.54, 1.807) is 13.1 Å². The van der Waals surface area contributed by atoms with Crippen LogP contribution in [0.5, 0.6) is 0 Å². The number of amides is 1. The minimum absolute atomic E-state index is 0.00900. The number of Topliss-reactive ketones (excluding diaryl/α,β-unsaturated/α-hetero) is 1. The number of aromatic amines is 1. The van der Waals surface area contributed by atoms with Crippen LogP contribution in [0.15, 0.2) is 41.8 Å². The number of aliphatic hydroxyl groups is 1. The van der Waals surface area contributed by atoms with Gasteiger partial charge in [0.25, 0.3) is 5.91 Å². The highest BCUT2D eigenvalue weighted by atomic mass is 32.1. The summed E-state index contributed by atoms with van der Waals surface area (Å²) in [4.78, 5) is 36.1. The van der Waals surface area contributed by atoms with Crippen LogP contribution in [0.4, 0.5) is 0 Å². The Balaban J connectivity index is 1.82. The van der Waals surface area contributed by atoms with E-state index < -0.39 is 17.7 Å². The second-order valence-corrected chi connectivity index (χ2v) is 9.05. The van der Waals surface area contributed by atoms with Gasteiger partial charge in [-0.1, -0.05) is 18.2 Å². The molecule has 1 aromatic carbocycles. The van der Waals surface area contributed by atoms with Crippen LogP contribution in [-0.4, -0.2) is 50.9 Å². The van der Waals surface area contributed by atoms with Gasteiger partial charge in [0.1, 0.15) is 0 Å². The van der Waals surface area contributed by atoms with Gasteiger partial charge >= 0.3 is 0 Å². The van der Waals surface area contributed by atoms with Gasteiger partial charge in [-0.15, -0.1) is 11.3 Å². The number of aliphatic hydroxyl groups excluding tert-OH is 1. The summed E-state index contributed by atoms with van der Waals surface area (Å²) in [6, 6.07) is 6.98. The number of aromatic nitrogens is 2. The van der Waals surface area contributed by atoms with Crippen molar-refractivity contribution in [1.29, 1.82) is 0 Å². The first-order valence-electron chi connectivity index (χ1n) is 10.2. The number of benzene rings is 1. The van der Waals surface area contributed by atoms with E-state index >= 15 is 0 Å². The Bertz CT molecular complexity index is 1190. The van der Waals surface area contributed by atoms with E-state index in [1.165, 1.54) is 16.2 Å². The molecule has 4 rings (SSSR count). The fourth-order valence-electron chi connectivity index (χ4n) is 4.01. The highest BCUT2D eigenvalue weighted by Crippen LogP contribution is 2.42. The molecule has 0 saturated carbocycles. The van der Waals surface area contributed by atoms with Gasteiger partial charge in [0.2, 0.25) is 5.78 Å². The molecule has 2 N–H and O–H groups in total. The number of hydrogen-bond donors (Lipinski definition) is 2. The number of para-hydroxylation sites is 1. The van der Waals surface area contributed by atoms with Gasteiger partial charge in [0.05, 0.1) is 39.9 Å². The molecule has 3 heterocycles. The van der Waals surface area contributed by atoms with Gasteiger partial charge in [-0.3, -0.25) is 9.59 Å². The molecule has 162 valence electrons. The van der Waals surface area contributed by atoms with E-state index in [-0.39, 0.29) is 24.0 Å². The second-order valence-electron chi connectivity index (χ2n) is 7.85. The van der Waals surface area contributed by atoms with Gasteiger partial charge in [0, 0.05) is 29.2 Å². The molecule has 0 radical (unpaired) electrons. The summed E-state index contributed by atoms with van der Waals surface area (Å²) >= 11 is 1.27. The Labute approximate surface area is 184 Å². The van der Waals surface area contributed by atoms with E-state index in [0.717, 1.165) is 21.5 Å². The zero-order chi connectivity index (χ0) is 22.3. The van der Waals surface area contributed by atoms with Crippen LogP contribution in [0.25, 0.3) is 10.9 Å². The smallest absolute Gasteiger partial charge is 0.290 e. The number of hydrogen-bond acceptors (Lipinski definition) is 6. The third kappa shape index (κ3) is 3.77. The largest absolute Gasteiger partial charge is 0.503 e. The lowest BCUT2D eigenvalue weighted by Crippen LogP contribution is -2.34. The van der Waals surface area contributed by atoms with E-state index in [9.17, 15) is 14.7 Å². The Morgan fingerprint density at radius 1 is 1.32 bits per heavy atom. The number of nitrogens with one attached hydrogen (secondary N) is 1. The minimum Gasteiger partial charge on any atom is -0.503 e. The fourth-order valence-corrected chi connectivity index (χ4v) is 4.88. The first kappa shape index (κ1) is 21.3. The fraction of sp³-hybridized carbons (Fsp3) is 0.348. The summed E-state index contributed by atoms with van der Waals surface area (Å²) in [5, 5.41) is 12.5. The molecule has 1 amide bonds. The maximum Gasteiger partial charge on any atom is 0.290 e. The molecule has 1 aliphatic rings. The molecule has 1 unspecified atom stereocenters. The maximum atomic E-state index is 13.5. The first-order valence-corrected chi connectivity index (χ1v) is 11.0. The number of carbonyl (C=O) groups excluding carboxylic acids is 2. The van der Waals surface area contributed by atoms with Crippen LogP contribution in [0.2, 0.25) is 0 Å². The van der Waals surface area contributed by atoms with Crippen LogP contribution in [0, 0.1) is 13.8 Å². The van der Waals surface area contributed by atoms with Gasteiger partial charge in [0.15, 0.2) is 5.76 Å². The van der Waals surface area contributed by atoms with Gasteiger partial charge in [-0.05, 0) is 33.8 Å². The molecule has 0 saturated heterocycles. The number of rotatable bonds is 7. The third-order valence-electron chi connectivity index (χ3n) is 5.36. The van der Waals surface area contributed by atoms with Gasteiger partial charge in [-0.2, -0.15) is 0 Å². The molecule has 7 nitrogen and oxygen atoms in total. The first-order chi connectivity index (χ1) is 14.8. The van der Waals surface area contributed by atoms with Gasteiger partial charge < -0.3 is 19.7 Å². The number of ether oxygens (including phenoxy) is 1. The van der Waals surface area contributed by atoms with Crippen molar-refractivity contribution in [2.45, 2.75) is 39.8 Å². The molecule has 1 aliphatic heterocycles. The summed E-state index contributed by atoms with van der Waals surface area (Å²) < 4.78 is 5.65. The zero-order valence-electron chi connectivity index (χ0n) is 17.9. The lowest BCUT2D eigenvalue weighted by Gasteiger charge is -2.26. The molecule has 3 aromatic rings. The average molecular weight is 440 g/mol. The molecule has 0 bridgehead atoms. The number of ketones is 1. The summed E-state index contributed by atoms with van der Waals surface area (Å²) in [5.41, 5.74) is 2.34. The number of fused-ring (bicyclic) bond motifs is 1. The van der Waals surface area contributed by atoms with Crippen LogP contribution in [-0.2, 0) is 9.53 Å². The SMILES string of the molecule is Cc1nc(C)c(C(=O)C2=C(O)C(=O)N(CCOC(C)C)C2c2c[nH]c3ccccc23)s1. The zero-order valence-corrected chi connectivity index (χ0v) is 18.7. The lowest BCUT2D eigenvalue weighted by molar-refractivity contribution is -0.130. The quantitative estimate of drug-likeness (QED) is 0.537. The second kappa shape index (κ2) is 8.28. The highest BCUT2D eigenvalue weighted by molar-refractivity contribution is 7.14. The highest BCUT2D eigenvalue weighted by Gasteiger charge is 2.45. The van der Waals surface area contributed by atoms with Crippen molar-refractivity contribution < 1.29 is 19.4 Å². The molecule has 8 heteroatoms. The average Bonchev–Trinajstić information content (AvgIpc) is 3.37. The van der Waals surface area contributed by atoms with Crippen molar-refractivity contribution >= 4 is 33.9 Å². The molecule has 0 fully saturated rings. The van der Waals surface area contributed by atoms with Gasteiger partial charge in [-0.25, -0.2) is 4.98 Å². The summed E-state index contributed by atoms with van der Waals surface area (Å²) in [6.07, 6.45) is 1.81. The van der Waals surface area contributed by atoms with E-state index in [1.807, 2.05) is 45.0 Å². The predicted molar refractivity (Wildman–Crippen MR) is 119 cm³/mol. The maximum absolute atomic E-state index is 13.5. The molecule has 31 heavy (non-hydrogen) atoms. The predicted octanol–water partition coefficient (Wildman–Crippen LogP) is 4.24. The summed E-state index contributed by atoms with van der Waals surface area (Å²) in [6.45, 7) is 7.98. The lowest BCUT2D eigenvalue weighted by atomic mass is 9.94. The molecule has 0 aliphatic carbocycles. The topological polar surface area (TPSA) is 95.5 Å². The van der Waals surface area contributed by atoms with Crippen LogP contribution < -0.4 is 0 Å². The van der Waals surface area contributed by atoms with Crippen molar-refractivity contribution in [2.24, 2.45) is 0 Å². The molecule has 1 atom stereocenters. The Kier molecular flexibility index (Phi) is 5.68. The van der Waals surface area contributed by atoms with Crippen LogP contribution in [0.3, 0.4) is 0 Å². The van der Waals surface area contributed by atoms with Crippen molar-refractivity contribution in [2.75, 3.05) is 13.2 Å². The van der Waals surface area contributed by atoms with Crippen molar-refractivity contribution in [3.63, 3.8) is 0 Å². The van der Waals surface area contributed by atoms with E-state index in [0.29, 0.717) is 17.2 Å². The van der Waals surface area contributed by atoms with Crippen LogP contribution in [0.1, 0.15) is 45.8 Å². The Morgan fingerprint density at radius 3 is 2.74 bits per heavy atom. The molecule has 0 spiro atoms. The number of carbonyl (C=O) groups is 2. The van der Waals surface area contributed by atoms with E-state index in [2.05, 4.69) is 9.97 Å². The van der Waals surface area contributed by atoms with Crippen molar-refractivity contribution in [3.8, 4) is 0 Å². The van der Waals surface area contributed by atoms with E-state index in [4.69, 9.17) is 4.74 Å². The monoisotopic (exact) mass is 439 g/mol. The summed E-state index contributed by atoms with van der Waals surface area (Å²) in [5.74, 6) is -1.43. The molecule has 2 aromatic heterocycles. The number of nitrogens with zero attached hydrogens (tertiary/aromatic N) is 2. The number of H-pyrrole nitrogens is 1. The summed E-state index contributed by atoms with van der Waals surface area (Å²) in [7, 11) is 0. The standard InChI is InChI=1S/C23H25N3O4S/c1-12(2)30-10-9-26-19(16-11-24-17-8-6-5-7-15(16)17)18(21(28)23(26)29)20(27)22-13(3)25-14(4)31-22/h5-8,11-12,19,24,28H,9-10H2,1-4H3. The minimum atomic E-state index is -0.714. The Morgan fingerprint density at radius 2 is 2.06 bits per heavy atom.